The molecule has 0 spiro atoms. The van der Waals surface area contributed by atoms with Gasteiger partial charge in [-0.05, 0) is 44.0 Å². The number of carbonyl (C=O) groups excluding carboxylic acids is 2. The zero-order valence-electron chi connectivity index (χ0n) is 17.8. The van der Waals surface area contributed by atoms with Gasteiger partial charge in [0.15, 0.2) is 0 Å². The van der Waals surface area contributed by atoms with E-state index in [0.717, 1.165) is 15.4 Å². The first-order valence-electron chi connectivity index (χ1n) is 9.98. The van der Waals surface area contributed by atoms with Crippen molar-refractivity contribution in [2.24, 2.45) is 0 Å². The number of benzene rings is 2. The Kier molecular flexibility index (Phi) is 6.73. The smallest absolute Gasteiger partial charge is 0.247 e. The molecule has 0 saturated carbocycles. The summed E-state index contributed by atoms with van der Waals surface area (Å²) in [6, 6.07) is 14.5. The van der Waals surface area contributed by atoms with E-state index in [2.05, 4.69) is 5.32 Å². The van der Waals surface area contributed by atoms with Crippen LogP contribution in [-0.4, -0.2) is 48.9 Å². The van der Waals surface area contributed by atoms with Crippen LogP contribution in [0.25, 0.3) is 0 Å². The van der Waals surface area contributed by atoms with Gasteiger partial charge in [-0.25, -0.2) is 8.42 Å². The van der Waals surface area contributed by atoms with E-state index in [0.29, 0.717) is 10.7 Å². The lowest BCUT2D eigenvalue weighted by molar-refractivity contribution is -0.133. The Morgan fingerprint density at radius 3 is 2.52 bits per heavy atom. The minimum absolute atomic E-state index is 0.151. The maximum absolute atomic E-state index is 13.4. The molecule has 0 aromatic heterocycles. The number of hydrogen-bond acceptors (Lipinski definition) is 4. The number of anilines is 1. The van der Waals surface area contributed by atoms with Gasteiger partial charge in [0.1, 0.15) is 5.54 Å². The number of amides is 2. The van der Waals surface area contributed by atoms with Crippen molar-refractivity contribution < 1.29 is 18.0 Å². The molecule has 1 aliphatic heterocycles. The van der Waals surface area contributed by atoms with E-state index in [1.165, 1.54) is 11.8 Å². The molecule has 9 heteroatoms. The molecule has 31 heavy (non-hydrogen) atoms. The third-order valence-electron chi connectivity index (χ3n) is 5.49. The lowest BCUT2D eigenvalue weighted by Gasteiger charge is -2.47. The summed E-state index contributed by atoms with van der Waals surface area (Å²) in [5.74, 6) is -1.08. The highest BCUT2D eigenvalue weighted by Gasteiger charge is 2.50. The molecule has 0 bridgehead atoms. The second-order valence-electron chi connectivity index (χ2n) is 7.77. The molecule has 2 amide bonds. The highest BCUT2D eigenvalue weighted by molar-refractivity contribution is 7.89. The van der Waals surface area contributed by atoms with Gasteiger partial charge in [0.05, 0.1) is 12.3 Å². The summed E-state index contributed by atoms with van der Waals surface area (Å²) in [6.07, 6.45) is 0. The van der Waals surface area contributed by atoms with Gasteiger partial charge in [0.25, 0.3) is 0 Å². The molecular weight excluding hydrogens is 438 g/mol. The van der Waals surface area contributed by atoms with E-state index < -0.39 is 27.4 Å². The zero-order chi connectivity index (χ0) is 22.8. The van der Waals surface area contributed by atoms with Crippen LogP contribution < -0.4 is 10.2 Å². The van der Waals surface area contributed by atoms with Gasteiger partial charge in [-0.1, -0.05) is 48.0 Å². The predicted octanol–water partition coefficient (Wildman–Crippen LogP) is 2.72. The van der Waals surface area contributed by atoms with Crippen molar-refractivity contribution in [1.29, 1.82) is 0 Å². The molecule has 1 aliphatic rings. The van der Waals surface area contributed by atoms with Crippen molar-refractivity contribution in [3.63, 3.8) is 0 Å². The number of nitrogens with zero attached hydrogens (tertiary/aromatic N) is 2. The molecule has 0 unspecified atom stereocenters. The van der Waals surface area contributed by atoms with Crippen LogP contribution in [0.2, 0.25) is 5.02 Å². The van der Waals surface area contributed by atoms with Crippen molar-refractivity contribution >= 4 is 39.1 Å². The number of halogens is 1. The average Bonchev–Trinajstić information content (AvgIpc) is 2.74. The van der Waals surface area contributed by atoms with Crippen molar-refractivity contribution in [2.45, 2.75) is 32.9 Å². The lowest BCUT2D eigenvalue weighted by atomic mass is 9.93. The monoisotopic (exact) mass is 463 g/mol. The van der Waals surface area contributed by atoms with Crippen LogP contribution >= 0.6 is 11.6 Å². The van der Waals surface area contributed by atoms with Crippen molar-refractivity contribution in [3.8, 4) is 0 Å². The van der Waals surface area contributed by atoms with Gasteiger partial charge < -0.3 is 5.32 Å². The summed E-state index contributed by atoms with van der Waals surface area (Å²) in [5.41, 5.74) is 0.682. The Balaban J connectivity index is 2.02. The van der Waals surface area contributed by atoms with Crippen LogP contribution in [0, 0.1) is 6.92 Å². The van der Waals surface area contributed by atoms with E-state index in [9.17, 15) is 18.0 Å². The second kappa shape index (κ2) is 8.98. The lowest BCUT2D eigenvalue weighted by Crippen LogP contribution is -2.70. The predicted molar refractivity (Wildman–Crippen MR) is 121 cm³/mol. The largest absolute Gasteiger partial charge is 0.350 e. The molecule has 2 aromatic rings. The fraction of sp³-hybridized carbons (Fsp3) is 0.364. The summed E-state index contributed by atoms with van der Waals surface area (Å²) >= 11 is 6.18. The average molecular weight is 464 g/mol. The van der Waals surface area contributed by atoms with Crippen LogP contribution in [0.3, 0.4) is 0 Å². The number of aryl methyl sites for hydroxylation is 1. The highest BCUT2D eigenvalue weighted by Crippen LogP contribution is 2.34. The normalized spacial score (nSPS) is 20.0. The van der Waals surface area contributed by atoms with Crippen LogP contribution in [-0.2, 0) is 26.2 Å². The first-order valence-corrected chi connectivity index (χ1v) is 12.0. The first kappa shape index (κ1) is 23.2. The number of piperazine rings is 1. The molecular formula is C22H26ClN3O4S. The van der Waals surface area contributed by atoms with Crippen LogP contribution in [0.1, 0.15) is 25.0 Å². The SMILES string of the molecule is CCS(=O)(=O)N1CC(=O)N(c2cc(Cl)ccc2C)[C@](C)(C(=O)NCc2ccccc2)C1. The van der Waals surface area contributed by atoms with E-state index in [1.54, 1.807) is 25.1 Å². The summed E-state index contributed by atoms with van der Waals surface area (Å²) in [5, 5.41) is 3.29. The second-order valence-corrected chi connectivity index (χ2v) is 10.5. The molecule has 1 saturated heterocycles. The Labute approximate surface area is 188 Å². The van der Waals surface area contributed by atoms with E-state index in [4.69, 9.17) is 11.6 Å². The number of carbonyl (C=O) groups is 2. The van der Waals surface area contributed by atoms with Gasteiger partial charge in [-0.2, -0.15) is 4.31 Å². The van der Waals surface area contributed by atoms with E-state index in [-0.39, 0.29) is 25.4 Å². The van der Waals surface area contributed by atoms with E-state index >= 15 is 0 Å². The maximum Gasteiger partial charge on any atom is 0.247 e. The van der Waals surface area contributed by atoms with Crippen molar-refractivity contribution in [3.05, 3.63) is 64.7 Å². The van der Waals surface area contributed by atoms with Gasteiger partial charge in [-0.3, -0.25) is 14.5 Å². The molecule has 1 heterocycles. The highest BCUT2D eigenvalue weighted by atomic mass is 35.5. The standard InChI is InChI=1S/C22H26ClN3O4S/c1-4-31(29,30)25-14-20(27)26(19-12-18(23)11-10-16(19)2)22(3,15-25)21(28)24-13-17-8-6-5-7-9-17/h5-12H,4,13-15H2,1-3H3,(H,24,28)/t22-/m0/s1. The third-order valence-corrected chi connectivity index (χ3v) is 7.50. The zero-order valence-corrected chi connectivity index (χ0v) is 19.3. The fourth-order valence-electron chi connectivity index (χ4n) is 3.71. The molecule has 3 rings (SSSR count). The number of hydrogen-bond donors (Lipinski definition) is 1. The maximum atomic E-state index is 13.4. The fourth-order valence-corrected chi connectivity index (χ4v) is 5.00. The topological polar surface area (TPSA) is 86.8 Å². The van der Waals surface area contributed by atoms with E-state index in [1.807, 2.05) is 37.3 Å². The van der Waals surface area contributed by atoms with Gasteiger partial charge in [-0.15, -0.1) is 0 Å². The summed E-state index contributed by atoms with van der Waals surface area (Å²) in [4.78, 5) is 28.0. The molecule has 2 aromatic carbocycles. The minimum Gasteiger partial charge on any atom is -0.350 e. The number of rotatable bonds is 6. The Hall–Kier alpha value is -2.42. The van der Waals surface area contributed by atoms with Crippen LogP contribution in [0.15, 0.2) is 48.5 Å². The molecule has 166 valence electrons. The Bertz CT molecular complexity index is 1090. The van der Waals surface area contributed by atoms with Gasteiger partial charge in [0.2, 0.25) is 21.8 Å². The molecule has 1 N–H and O–H groups in total. The van der Waals surface area contributed by atoms with Crippen molar-refractivity contribution in [1.82, 2.24) is 9.62 Å². The molecule has 0 radical (unpaired) electrons. The molecule has 0 aliphatic carbocycles. The van der Waals surface area contributed by atoms with Crippen LogP contribution in [0.4, 0.5) is 5.69 Å². The number of nitrogens with one attached hydrogen (secondary N) is 1. The Morgan fingerprint density at radius 2 is 1.87 bits per heavy atom. The third kappa shape index (κ3) is 4.76. The summed E-state index contributed by atoms with van der Waals surface area (Å²) in [7, 11) is -3.67. The van der Waals surface area contributed by atoms with Gasteiger partial charge in [0, 0.05) is 23.8 Å². The molecule has 1 atom stereocenters. The minimum atomic E-state index is -3.67. The Morgan fingerprint density at radius 1 is 1.19 bits per heavy atom. The van der Waals surface area contributed by atoms with Crippen LogP contribution in [0.5, 0.6) is 0 Å². The summed E-state index contributed by atoms with van der Waals surface area (Å²) in [6.45, 7) is 4.69. The van der Waals surface area contributed by atoms with Crippen molar-refractivity contribution in [2.75, 3.05) is 23.7 Å². The van der Waals surface area contributed by atoms with Gasteiger partial charge >= 0.3 is 0 Å². The first-order chi connectivity index (χ1) is 14.6. The molecule has 1 fully saturated rings. The molecule has 7 nitrogen and oxygen atoms in total. The quantitative estimate of drug-likeness (QED) is 0.713. The number of sulfonamides is 1. The summed E-state index contributed by atoms with van der Waals surface area (Å²) < 4.78 is 26.2.